The Kier molecular flexibility index (Phi) is 8.93. The highest BCUT2D eigenvalue weighted by atomic mass is 16.6. The molecule has 2 aliphatic rings. The largest absolute Gasteiger partial charge is 0.492 e. The molecule has 0 spiro atoms. The maximum Gasteiger partial charge on any atom is 0.217 e. The van der Waals surface area contributed by atoms with Gasteiger partial charge >= 0.3 is 0 Å². The van der Waals surface area contributed by atoms with Crippen LogP contribution in [0, 0.1) is 0 Å². The van der Waals surface area contributed by atoms with Gasteiger partial charge in [-0.1, -0.05) is 89.3 Å². The molecule has 1 aromatic rings. The van der Waals surface area contributed by atoms with Gasteiger partial charge in [-0.2, -0.15) is 0 Å². The molecule has 1 aromatic carbocycles. The maximum absolute atomic E-state index is 6.10. The highest BCUT2D eigenvalue weighted by Crippen LogP contribution is 2.31. The average Bonchev–Trinajstić information content (AvgIpc) is 3.31. The molecule has 1 fully saturated rings. The van der Waals surface area contributed by atoms with E-state index in [4.69, 9.17) is 14.5 Å². The van der Waals surface area contributed by atoms with Crippen LogP contribution in [0.5, 0.6) is 0 Å². The molecule has 3 heteroatoms. The molecular formula is C25H37NO2. The number of ether oxygens (including phenoxy) is 2. The molecule has 0 aliphatic carbocycles. The van der Waals surface area contributed by atoms with Crippen molar-refractivity contribution in [3.8, 4) is 0 Å². The summed E-state index contributed by atoms with van der Waals surface area (Å²) in [6.07, 6.45) is 18.5. The number of fused-ring (bicyclic) bond motifs is 1. The first-order valence-corrected chi connectivity index (χ1v) is 11.5. The van der Waals surface area contributed by atoms with Gasteiger partial charge in [-0.15, -0.1) is 0 Å². The van der Waals surface area contributed by atoms with Crippen LogP contribution >= 0.6 is 0 Å². The lowest BCUT2D eigenvalue weighted by Gasteiger charge is -2.10. The number of rotatable bonds is 13. The fraction of sp³-hybridized carbons (Fsp3) is 0.640. The van der Waals surface area contributed by atoms with E-state index >= 15 is 0 Å². The Morgan fingerprint density at radius 1 is 0.893 bits per heavy atom. The molecule has 0 radical (unpaired) electrons. The minimum atomic E-state index is -0.0112. The molecule has 3 rings (SSSR count). The van der Waals surface area contributed by atoms with E-state index in [1.165, 1.54) is 70.6 Å². The Morgan fingerprint density at radius 2 is 1.54 bits per heavy atom. The summed E-state index contributed by atoms with van der Waals surface area (Å²) in [5.74, 6) is 1.76. The van der Waals surface area contributed by atoms with Crippen LogP contribution in [0.3, 0.4) is 0 Å². The van der Waals surface area contributed by atoms with Crippen molar-refractivity contribution in [2.24, 2.45) is 4.99 Å². The Balaban J connectivity index is 1.25. The summed E-state index contributed by atoms with van der Waals surface area (Å²) in [5, 5.41) is 0. The molecule has 0 bridgehead atoms. The third-order valence-corrected chi connectivity index (χ3v) is 5.75. The lowest BCUT2D eigenvalue weighted by molar-refractivity contribution is 0.208. The van der Waals surface area contributed by atoms with E-state index in [1.807, 2.05) is 18.2 Å². The van der Waals surface area contributed by atoms with Gasteiger partial charge in [0.15, 0.2) is 6.10 Å². The fourth-order valence-electron chi connectivity index (χ4n) is 4.03. The van der Waals surface area contributed by atoms with Crippen LogP contribution in [-0.4, -0.2) is 24.7 Å². The number of benzene rings is 1. The highest BCUT2D eigenvalue weighted by Gasteiger charge is 2.41. The summed E-state index contributed by atoms with van der Waals surface area (Å²) in [5.41, 5.74) is 1.06. The zero-order valence-corrected chi connectivity index (χ0v) is 17.6. The van der Waals surface area contributed by atoms with E-state index in [2.05, 4.69) is 25.1 Å². The SMILES string of the molecule is CCCCCCCCCCCCC/C=C1\OC[C@@H]2N=C(c3ccccc3)O[C@H]12. The molecule has 2 aliphatic heterocycles. The van der Waals surface area contributed by atoms with Crippen LogP contribution in [0.4, 0.5) is 0 Å². The first-order chi connectivity index (χ1) is 13.9. The zero-order valence-electron chi connectivity index (χ0n) is 17.6. The van der Waals surface area contributed by atoms with Gasteiger partial charge in [0.1, 0.15) is 18.4 Å². The fourth-order valence-corrected chi connectivity index (χ4v) is 4.03. The van der Waals surface area contributed by atoms with E-state index in [0.717, 1.165) is 23.6 Å². The van der Waals surface area contributed by atoms with Crippen molar-refractivity contribution < 1.29 is 9.47 Å². The summed E-state index contributed by atoms with van der Waals surface area (Å²) in [7, 11) is 0. The van der Waals surface area contributed by atoms with Crippen LogP contribution in [0.25, 0.3) is 0 Å². The quantitative estimate of drug-likeness (QED) is 0.350. The summed E-state index contributed by atoms with van der Waals surface area (Å²) >= 11 is 0. The predicted molar refractivity (Wildman–Crippen MR) is 117 cm³/mol. The lowest BCUT2D eigenvalue weighted by Crippen LogP contribution is -2.18. The van der Waals surface area contributed by atoms with E-state index in [1.54, 1.807) is 0 Å². The van der Waals surface area contributed by atoms with Gasteiger partial charge in [0, 0.05) is 5.56 Å². The van der Waals surface area contributed by atoms with Crippen LogP contribution in [0.15, 0.2) is 47.2 Å². The summed E-state index contributed by atoms with van der Waals surface area (Å²) in [6.45, 7) is 2.93. The van der Waals surface area contributed by atoms with Gasteiger partial charge in [-0.25, -0.2) is 4.99 Å². The number of nitrogens with zero attached hydrogens (tertiary/aromatic N) is 1. The van der Waals surface area contributed by atoms with Crippen molar-refractivity contribution in [1.29, 1.82) is 0 Å². The monoisotopic (exact) mass is 383 g/mol. The van der Waals surface area contributed by atoms with Crippen molar-refractivity contribution in [2.45, 2.75) is 96.1 Å². The maximum atomic E-state index is 6.10. The number of aliphatic imine (C=N–C) groups is 1. The topological polar surface area (TPSA) is 30.8 Å². The molecule has 0 saturated carbocycles. The second-order valence-corrected chi connectivity index (χ2v) is 8.15. The van der Waals surface area contributed by atoms with Crippen LogP contribution in [-0.2, 0) is 9.47 Å². The smallest absolute Gasteiger partial charge is 0.217 e. The van der Waals surface area contributed by atoms with E-state index in [0.29, 0.717) is 6.61 Å². The number of hydrogen-bond donors (Lipinski definition) is 0. The minimum Gasteiger partial charge on any atom is -0.492 e. The van der Waals surface area contributed by atoms with Gasteiger partial charge in [0.2, 0.25) is 5.90 Å². The second-order valence-electron chi connectivity index (χ2n) is 8.15. The number of allylic oxidation sites excluding steroid dienone is 1. The predicted octanol–water partition coefficient (Wildman–Crippen LogP) is 6.82. The van der Waals surface area contributed by atoms with E-state index < -0.39 is 0 Å². The highest BCUT2D eigenvalue weighted by molar-refractivity contribution is 5.95. The molecule has 2 atom stereocenters. The lowest BCUT2D eigenvalue weighted by atomic mass is 10.0. The van der Waals surface area contributed by atoms with Crippen LogP contribution < -0.4 is 0 Å². The Morgan fingerprint density at radius 3 is 2.21 bits per heavy atom. The molecule has 2 heterocycles. The van der Waals surface area contributed by atoms with Crippen molar-refractivity contribution >= 4 is 5.90 Å². The van der Waals surface area contributed by atoms with E-state index in [-0.39, 0.29) is 12.1 Å². The molecule has 0 N–H and O–H groups in total. The third-order valence-electron chi connectivity index (χ3n) is 5.75. The summed E-state index contributed by atoms with van der Waals surface area (Å²) in [4.78, 5) is 4.71. The molecular weight excluding hydrogens is 346 g/mol. The molecule has 0 amide bonds. The van der Waals surface area contributed by atoms with Crippen molar-refractivity contribution in [3.05, 3.63) is 47.7 Å². The molecule has 0 aromatic heterocycles. The van der Waals surface area contributed by atoms with Gasteiger partial charge in [-0.05, 0) is 31.1 Å². The van der Waals surface area contributed by atoms with E-state index in [9.17, 15) is 0 Å². The van der Waals surface area contributed by atoms with Crippen molar-refractivity contribution in [3.63, 3.8) is 0 Å². The first-order valence-electron chi connectivity index (χ1n) is 11.5. The summed E-state index contributed by atoms with van der Waals surface area (Å²) in [6, 6.07) is 10.3. The second kappa shape index (κ2) is 11.9. The first kappa shape index (κ1) is 21.0. The minimum absolute atomic E-state index is 0.0112. The average molecular weight is 384 g/mol. The van der Waals surface area contributed by atoms with Crippen molar-refractivity contribution in [1.82, 2.24) is 0 Å². The van der Waals surface area contributed by atoms with Gasteiger partial charge in [-0.3, -0.25) is 0 Å². The van der Waals surface area contributed by atoms with Gasteiger partial charge < -0.3 is 9.47 Å². The third kappa shape index (κ3) is 6.39. The van der Waals surface area contributed by atoms with Gasteiger partial charge in [0.05, 0.1) is 0 Å². The Labute approximate surface area is 171 Å². The standard InChI is InChI=1S/C25H37NO2/c1-2-3-4-5-6-7-8-9-10-11-12-16-19-23-24-22(20-27-23)26-25(28-24)21-17-14-13-15-18-21/h13-15,17-19,22,24H,2-12,16,20H2,1H3/b23-19-/t22-,24-/m0/s1. The summed E-state index contributed by atoms with van der Waals surface area (Å²) < 4.78 is 11.9. The van der Waals surface area contributed by atoms with Gasteiger partial charge in [0.25, 0.3) is 0 Å². The zero-order chi connectivity index (χ0) is 19.4. The number of unbranched alkanes of at least 4 members (excludes halogenated alkanes) is 11. The van der Waals surface area contributed by atoms with Crippen LogP contribution in [0.1, 0.15) is 89.5 Å². The van der Waals surface area contributed by atoms with Crippen LogP contribution in [0.2, 0.25) is 0 Å². The molecule has 28 heavy (non-hydrogen) atoms. The van der Waals surface area contributed by atoms with Crippen molar-refractivity contribution in [2.75, 3.05) is 6.61 Å². The Bertz CT molecular complexity index is 623. The molecule has 1 saturated heterocycles. The molecule has 3 nitrogen and oxygen atoms in total. The molecule has 0 unspecified atom stereocenters. The number of hydrogen-bond acceptors (Lipinski definition) is 3. The normalized spacial score (nSPS) is 22.0. The Hall–Kier alpha value is -1.77. The molecule has 154 valence electrons.